The van der Waals surface area contributed by atoms with Crippen LogP contribution in [-0.4, -0.2) is 18.1 Å². The van der Waals surface area contributed by atoms with E-state index in [1.807, 2.05) is 0 Å². The second-order valence-electron chi connectivity index (χ2n) is 4.75. The number of para-hydroxylation sites is 1. The molecule has 0 amide bonds. The maximum absolute atomic E-state index is 3.50. The maximum Gasteiger partial charge on any atom is 0.0458 e. The van der Waals surface area contributed by atoms with Crippen LogP contribution < -0.4 is 5.32 Å². The van der Waals surface area contributed by atoms with Crippen LogP contribution in [0.25, 0.3) is 10.9 Å². The van der Waals surface area contributed by atoms with Crippen molar-refractivity contribution in [3.63, 3.8) is 0 Å². The normalized spacial score (nSPS) is 21.4. The Balaban J connectivity index is 2.10. The van der Waals surface area contributed by atoms with E-state index in [1.165, 1.54) is 41.5 Å². The molecule has 2 aromatic rings. The first kappa shape index (κ1) is 9.91. The van der Waals surface area contributed by atoms with E-state index in [0.29, 0.717) is 5.92 Å². The number of piperidine rings is 1. The Hall–Kier alpha value is -1.28. The first-order chi connectivity index (χ1) is 7.86. The molecule has 0 aliphatic carbocycles. The zero-order valence-corrected chi connectivity index (χ0v) is 9.72. The van der Waals surface area contributed by atoms with Crippen LogP contribution in [0.15, 0.2) is 24.3 Å². The summed E-state index contributed by atoms with van der Waals surface area (Å²) in [7, 11) is 0. The fourth-order valence-corrected chi connectivity index (χ4v) is 2.92. The molecule has 2 N–H and O–H groups in total. The lowest BCUT2D eigenvalue weighted by atomic mass is 9.90. The summed E-state index contributed by atoms with van der Waals surface area (Å²) in [5, 5.41) is 4.91. The molecule has 1 aromatic heterocycles. The van der Waals surface area contributed by atoms with Crippen molar-refractivity contribution < 1.29 is 0 Å². The van der Waals surface area contributed by atoms with Gasteiger partial charge in [0.05, 0.1) is 0 Å². The van der Waals surface area contributed by atoms with Gasteiger partial charge in [-0.05, 0) is 43.9 Å². The minimum atomic E-state index is 0.685. The topological polar surface area (TPSA) is 27.8 Å². The minimum Gasteiger partial charge on any atom is -0.358 e. The molecule has 0 spiro atoms. The average molecular weight is 214 g/mol. The van der Waals surface area contributed by atoms with E-state index in [-0.39, 0.29) is 0 Å². The van der Waals surface area contributed by atoms with Crippen LogP contribution in [0.3, 0.4) is 0 Å². The lowest BCUT2D eigenvalue weighted by Gasteiger charge is -2.23. The number of nitrogens with one attached hydrogen (secondary N) is 2. The predicted octanol–water partition coefficient (Wildman–Crippen LogP) is 2.94. The van der Waals surface area contributed by atoms with Gasteiger partial charge in [-0.25, -0.2) is 0 Å². The van der Waals surface area contributed by atoms with Gasteiger partial charge in [0.1, 0.15) is 0 Å². The summed E-state index contributed by atoms with van der Waals surface area (Å²) < 4.78 is 0. The number of benzene rings is 1. The third-order valence-electron chi connectivity index (χ3n) is 3.65. The highest BCUT2D eigenvalue weighted by molar-refractivity contribution is 5.85. The number of hydrogen-bond acceptors (Lipinski definition) is 1. The van der Waals surface area contributed by atoms with Gasteiger partial charge in [-0.1, -0.05) is 18.2 Å². The van der Waals surface area contributed by atoms with E-state index in [4.69, 9.17) is 0 Å². The summed E-state index contributed by atoms with van der Waals surface area (Å²) in [5.41, 5.74) is 4.15. The van der Waals surface area contributed by atoms with Crippen molar-refractivity contribution in [1.82, 2.24) is 10.3 Å². The predicted molar refractivity (Wildman–Crippen MR) is 67.9 cm³/mol. The summed E-state index contributed by atoms with van der Waals surface area (Å²) in [6, 6.07) is 8.64. The molecule has 0 saturated carbocycles. The van der Waals surface area contributed by atoms with Gasteiger partial charge in [0.15, 0.2) is 0 Å². The van der Waals surface area contributed by atoms with Gasteiger partial charge >= 0.3 is 0 Å². The SMILES string of the molecule is Cc1[nH]c2ccccc2c1C1CCCNC1. The standard InChI is InChI=1S/C14H18N2/c1-10-14(11-5-4-8-15-9-11)12-6-2-3-7-13(12)16-10/h2-3,6-7,11,15-16H,4-5,8-9H2,1H3. The van der Waals surface area contributed by atoms with E-state index in [9.17, 15) is 0 Å². The van der Waals surface area contributed by atoms with Crippen LogP contribution in [0.4, 0.5) is 0 Å². The van der Waals surface area contributed by atoms with Gasteiger partial charge in [0.25, 0.3) is 0 Å². The van der Waals surface area contributed by atoms with Crippen molar-refractivity contribution in [3.8, 4) is 0 Å². The Kier molecular flexibility index (Phi) is 2.44. The summed E-state index contributed by atoms with van der Waals surface area (Å²) in [4.78, 5) is 3.50. The molecule has 2 heterocycles. The van der Waals surface area contributed by atoms with Gasteiger partial charge in [0, 0.05) is 23.1 Å². The number of fused-ring (bicyclic) bond motifs is 1. The number of aromatic amines is 1. The second-order valence-corrected chi connectivity index (χ2v) is 4.75. The second kappa shape index (κ2) is 3.95. The minimum absolute atomic E-state index is 0.685. The molecule has 1 unspecified atom stereocenters. The molecule has 0 bridgehead atoms. The molecule has 1 atom stereocenters. The third-order valence-corrected chi connectivity index (χ3v) is 3.65. The largest absolute Gasteiger partial charge is 0.358 e. The van der Waals surface area contributed by atoms with Crippen molar-refractivity contribution in [3.05, 3.63) is 35.5 Å². The van der Waals surface area contributed by atoms with E-state index in [2.05, 4.69) is 41.5 Å². The lowest BCUT2D eigenvalue weighted by Crippen LogP contribution is -2.28. The molecule has 16 heavy (non-hydrogen) atoms. The van der Waals surface area contributed by atoms with Gasteiger partial charge in [-0.15, -0.1) is 0 Å². The van der Waals surface area contributed by atoms with Gasteiger partial charge in [0.2, 0.25) is 0 Å². The van der Waals surface area contributed by atoms with Gasteiger partial charge in [-0.3, -0.25) is 0 Å². The maximum atomic E-state index is 3.50. The number of aryl methyl sites for hydroxylation is 1. The molecule has 0 radical (unpaired) electrons. The van der Waals surface area contributed by atoms with Gasteiger partial charge in [-0.2, -0.15) is 0 Å². The molecular weight excluding hydrogens is 196 g/mol. The van der Waals surface area contributed by atoms with E-state index < -0.39 is 0 Å². The number of H-pyrrole nitrogens is 1. The Labute approximate surface area is 96.1 Å². The van der Waals surface area contributed by atoms with Crippen LogP contribution >= 0.6 is 0 Å². The molecule has 1 aliphatic heterocycles. The lowest BCUT2D eigenvalue weighted by molar-refractivity contribution is 0.462. The molecule has 1 aliphatic rings. The van der Waals surface area contributed by atoms with Crippen LogP contribution in [-0.2, 0) is 0 Å². The average Bonchev–Trinajstić information content (AvgIpc) is 2.66. The summed E-state index contributed by atoms with van der Waals surface area (Å²) in [6.07, 6.45) is 2.61. The Morgan fingerprint density at radius 2 is 2.12 bits per heavy atom. The number of rotatable bonds is 1. The molecule has 84 valence electrons. The third kappa shape index (κ3) is 1.54. The molecule has 3 rings (SSSR count). The first-order valence-electron chi connectivity index (χ1n) is 6.14. The molecule has 2 nitrogen and oxygen atoms in total. The quantitative estimate of drug-likeness (QED) is 0.750. The Morgan fingerprint density at radius 1 is 1.25 bits per heavy atom. The summed E-state index contributed by atoms with van der Waals surface area (Å²) in [6.45, 7) is 4.50. The summed E-state index contributed by atoms with van der Waals surface area (Å²) in [5.74, 6) is 0.685. The van der Waals surface area contributed by atoms with Crippen molar-refractivity contribution >= 4 is 10.9 Å². The molecule has 1 aromatic carbocycles. The van der Waals surface area contributed by atoms with Crippen molar-refractivity contribution in [2.45, 2.75) is 25.7 Å². The van der Waals surface area contributed by atoms with Crippen LogP contribution in [0.2, 0.25) is 0 Å². The zero-order valence-electron chi connectivity index (χ0n) is 9.72. The van der Waals surface area contributed by atoms with Gasteiger partial charge < -0.3 is 10.3 Å². The Bertz CT molecular complexity index is 492. The highest BCUT2D eigenvalue weighted by atomic mass is 14.9. The smallest absolute Gasteiger partial charge is 0.0458 e. The fraction of sp³-hybridized carbons (Fsp3) is 0.429. The Morgan fingerprint density at radius 3 is 2.94 bits per heavy atom. The van der Waals surface area contributed by atoms with E-state index >= 15 is 0 Å². The van der Waals surface area contributed by atoms with Crippen LogP contribution in [0, 0.1) is 6.92 Å². The fourth-order valence-electron chi connectivity index (χ4n) is 2.92. The van der Waals surface area contributed by atoms with Crippen LogP contribution in [0.1, 0.15) is 30.0 Å². The zero-order chi connectivity index (χ0) is 11.0. The van der Waals surface area contributed by atoms with Crippen molar-refractivity contribution in [1.29, 1.82) is 0 Å². The molecule has 1 saturated heterocycles. The number of hydrogen-bond donors (Lipinski definition) is 2. The molecule has 1 fully saturated rings. The monoisotopic (exact) mass is 214 g/mol. The first-order valence-corrected chi connectivity index (χ1v) is 6.14. The highest BCUT2D eigenvalue weighted by Gasteiger charge is 2.20. The highest BCUT2D eigenvalue weighted by Crippen LogP contribution is 2.32. The van der Waals surface area contributed by atoms with Crippen LogP contribution in [0.5, 0.6) is 0 Å². The number of aromatic nitrogens is 1. The molecule has 2 heteroatoms. The molecular formula is C14H18N2. The van der Waals surface area contributed by atoms with E-state index in [0.717, 1.165) is 6.54 Å². The summed E-state index contributed by atoms with van der Waals surface area (Å²) >= 11 is 0. The van der Waals surface area contributed by atoms with Crippen molar-refractivity contribution in [2.24, 2.45) is 0 Å². The van der Waals surface area contributed by atoms with E-state index in [1.54, 1.807) is 0 Å². The van der Waals surface area contributed by atoms with Crippen molar-refractivity contribution in [2.75, 3.05) is 13.1 Å².